The third-order valence-corrected chi connectivity index (χ3v) is 13.4. The van der Waals surface area contributed by atoms with Crippen LogP contribution in [0.3, 0.4) is 0 Å². The maximum atomic E-state index is 13.5. The Morgan fingerprint density at radius 1 is 1.08 bits per heavy atom. The summed E-state index contributed by atoms with van der Waals surface area (Å²) in [5, 5.41) is 0.587. The first-order chi connectivity index (χ1) is 25.6. The second-order valence-electron chi connectivity index (χ2n) is 15.6. The number of amides is 1. The van der Waals surface area contributed by atoms with E-state index in [0.717, 1.165) is 94.7 Å². The Morgan fingerprint density at radius 3 is 2.57 bits per heavy atom. The van der Waals surface area contributed by atoms with Crippen molar-refractivity contribution >= 4 is 34.2 Å². The van der Waals surface area contributed by atoms with Crippen LogP contribution in [-0.2, 0) is 26.9 Å². The SMILES string of the molecule is CCCc1cc(Cl)ccc1C1COc2ccc3cc2N(C1)CC1CCC1C(CN(C)CCN1CCOCC1)/C=C/CC(C)C(C)S(=O)NC3=O.COC. The van der Waals surface area contributed by atoms with E-state index < -0.39 is 11.0 Å². The monoisotopic (exact) mass is 770 g/mol. The molecule has 0 radical (unpaired) electrons. The van der Waals surface area contributed by atoms with E-state index in [-0.39, 0.29) is 23.0 Å². The molecule has 1 amide bonds. The quantitative estimate of drug-likeness (QED) is 0.293. The molecule has 2 aromatic rings. The lowest BCUT2D eigenvalue weighted by Gasteiger charge is -2.45. The molecule has 9 nitrogen and oxygen atoms in total. The lowest BCUT2D eigenvalue weighted by molar-refractivity contribution is 0.0326. The summed E-state index contributed by atoms with van der Waals surface area (Å²) in [6.45, 7) is 15.4. The van der Waals surface area contributed by atoms with Gasteiger partial charge in [-0.2, -0.15) is 0 Å². The molecule has 0 spiro atoms. The topological polar surface area (TPSA) is 83.6 Å². The van der Waals surface area contributed by atoms with Crippen LogP contribution in [0.25, 0.3) is 0 Å². The Kier molecular flexibility index (Phi) is 16.1. The first-order valence-electron chi connectivity index (χ1n) is 19.7. The number of hydrogen-bond acceptors (Lipinski definition) is 8. The molecule has 1 saturated heterocycles. The molecule has 3 heterocycles. The first kappa shape index (κ1) is 41.7. The van der Waals surface area contributed by atoms with E-state index in [1.165, 1.54) is 24.0 Å². The van der Waals surface area contributed by atoms with Crippen molar-refractivity contribution in [2.75, 3.05) is 91.8 Å². The zero-order valence-electron chi connectivity index (χ0n) is 32.9. The van der Waals surface area contributed by atoms with Gasteiger partial charge < -0.3 is 24.0 Å². The smallest absolute Gasteiger partial charge is 0.263 e. The number of hydrogen-bond donors (Lipinski definition) is 1. The van der Waals surface area contributed by atoms with Crippen molar-refractivity contribution in [2.24, 2.45) is 23.7 Å². The Bertz CT molecular complexity index is 1540. The summed E-state index contributed by atoms with van der Waals surface area (Å²) < 4.78 is 32.6. The minimum Gasteiger partial charge on any atom is -0.491 e. The van der Waals surface area contributed by atoms with E-state index in [9.17, 15) is 9.00 Å². The van der Waals surface area contributed by atoms with Crippen molar-refractivity contribution in [2.45, 2.75) is 64.0 Å². The number of benzene rings is 2. The van der Waals surface area contributed by atoms with Gasteiger partial charge in [-0.25, -0.2) is 4.21 Å². The number of ether oxygens (including phenoxy) is 3. The molecule has 2 aromatic carbocycles. The van der Waals surface area contributed by atoms with Crippen molar-refractivity contribution in [1.82, 2.24) is 14.5 Å². The van der Waals surface area contributed by atoms with Gasteiger partial charge in [0.2, 0.25) is 0 Å². The number of methoxy groups -OCH3 is 1. The van der Waals surface area contributed by atoms with Crippen molar-refractivity contribution in [3.05, 3.63) is 70.3 Å². The van der Waals surface area contributed by atoms with E-state index in [1.807, 2.05) is 31.2 Å². The van der Waals surface area contributed by atoms with Gasteiger partial charge >= 0.3 is 0 Å². The lowest BCUT2D eigenvalue weighted by atomic mass is 9.66. The minimum atomic E-state index is -1.51. The molecule has 4 aliphatic rings. The number of anilines is 1. The number of halogens is 1. The second-order valence-corrected chi connectivity index (χ2v) is 17.5. The van der Waals surface area contributed by atoms with Crippen LogP contribution in [0.2, 0.25) is 5.02 Å². The highest BCUT2D eigenvalue weighted by atomic mass is 35.5. The highest BCUT2D eigenvalue weighted by Gasteiger charge is 2.39. The highest BCUT2D eigenvalue weighted by molar-refractivity contribution is 7.84. The summed E-state index contributed by atoms with van der Waals surface area (Å²) in [6.07, 6.45) is 10.0. The number of morpholine rings is 1. The molecule has 2 fully saturated rings. The van der Waals surface area contributed by atoms with Crippen LogP contribution in [0.15, 0.2) is 48.6 Å². The number of allylic oxidation sites excluding steroid dienone is 1. The average Bonchev–Trinajstić information content (AvgIpc) is 3.31. The number of likely N-dealkylation sites (N-methyl/N-ethyl adjacent to an activating group) is 1. The summed E-state index contributed by atoms with van der Waals surface area (Å²) in [6, 6.07) is 12.0. The van der Waals surface area contributed by atoms with Gasteiger partial charge in [0.1, 0.15) is 16.7 Å². The molecule has 1 aliphatic carbocycles. The number of aryl methyl sites for hydroxylation is 1. The normalized spacial score (nSPS) is 28.7. The van der Waals surface area contributed by atoms with Gasteiger partial charge in [0.05, 0.1) is 30.8 Å². The van der Waals surface area contributed by atoms with Crippen molar-refractivity contribution < 1.29 is 23.2 Å². The third-order valence-electron chi connectivity index (χ3n) is 11.6. The number of fused-ring (bicyclic) bond motifs is 2. The molecule has 1 N–H and O–H groups in total. The number of rotatable bonds is 8. The fourth-order valence-corrected chi connectivity index (χ4v) is 9.38. The van der Waals surface area contributed by atoms with Gasteiger partial charge in [-0.1, -0.05) is 50.1 Å². The molecule has 2 bridgehead atoms. The summed E-state index contributed by atoms with van der Waals surface area (Å²) in [4.78, 5) is 21.0. The maximum Gasteiger partial charge on any atom is 0.263 e. The van der Waals surface area contributed by atoms with Crippen molar-refractivity contribution in [3.63, 3.8) is 0 Å². The number of carbonyl (C=O) groups is 1. The standard InChI is InChI=1S/C40H57ClN4O4S.C2H6O/c1-5-7-30-22-35(41)12-14-36(30)34-26-45-25-33-10-13-37(33)32(24-43(4)16-17-44-18-20-48-21-19-44)9-6-8-28(2)29(3)50(47)42-40(46)31-11-15-39(49-27-34)38(45)23-31;1-3-2/h6,9,11-12,14-15,22-23,28-29,32-34,37H,5,7-8,10,13,16-21,24-27H2,1-4H3,(H,42,46);1-2H3/b9-6+;. The fourth-order valence-electron chi connectivity index (χ4n) is 8.16. The molecule has 294 valence electrons. The molecule has 0 aromatic heterocycles. The second kappa shape index (κ2) is 20.4. The van der Waals surface area contributed by atoms with Crippen molar-refractivity contribution in [3.8, 4) is 5.75 Å². The van der Waals surface area contributed by atoms with Crippen LogP contribution < -0.4 is 14.4 Å². The number of nitrogens with one attached hydrogen (secondary N) is 1. The van der Waals surface area contributed by atoms with Crippen LogP contribution in [0, 0.1) is 23.7 Å². The van der Waals surface area contributed by atoms with E-state index in [4.69, 9.17) is 21.1 Å². The van der Waals surface area contributed by atoms with Gasteiger partial charge in [0.15, 0.2) is 0 Å². The third kappa shape index (κ3) is 11.3. The molecule has 3 aliphatic heterocycles. The molecule has 7 atom stereocenters. The van der Waals surface area contributed by atoms with Crippen LogP contribution in [-0.4, -0.2) is 112 Å². The Labute approximate surface area is 326 Å². The molecule has 1 saturated carbocycles. The first-order valence-corrected chi connectivity index (χ1v) is 21.3. The molecule has 11 heteroatoms. The van der Waals surface area contributed by atoms with E-state index in [1.54, 1.807) is 14.2 Å². The van der Waals surface area contributed by atoms with Crippen LogP contribution in [0.4, 0.5) is 5.69 Å². The Hall–Kier alpha value is -2.47. The molecule has 53 heavy (non-hydrogen) atoms. The molecule has 6 rings (SSSR count). The van der Waals surface area contributed by atoms with E-state index in [2.05, 4.69) is 69.3 Å². The van der Waals surface area contributed by atoms with Crippen molar-refractivity contribution in [1.29, 1.82) is 0 Å². The maximum absolute atomic E-state index is 13.5. The Balaban J connectivity index is 0.00000175. The summed E-state index contributed by atoms with van der Waals surface area (Å²) in [5.41, 5.74) is 4.04. The predicted octanol–water partition coefficient (Wildman–Crippen LogP) is 6.82. The molecule has 7 unspecified atom stereocenters. The molecular weight excluding hydrogens is 708 g/mol. The summed E-state index contributed by atoms with van der Waals surface area (Å²) >= 11 is 6.48. The van der Waals surface area contributed by atoms with E-state index in [0.29, 0.717) is 29.9 Å². The van der Waals surface area contributed by atoms with Crippen LogP contribution in [0.5, 0.6) is 5.75 Å². The van der Waals surface area contributed by atoms with E-state index >= 15 is 0 Å². The zero-order valence-corrected chi connectivity index (χ0v) is 34.4. The van der Waals surface area contributed by atoms with Gasteiger partial charge in [-0.15, -0.1) is 0 Å². The largest absolute Gasteiger partial charge is 0.491 e. The fraction of sp³-hybridized carbons (Fsp3) is 0.643. The Morgan fingerprint density at radius 2 is 1.85 bits per heavy atom. The summed E-state index contributed by atoms with van der Waals surface area (Å²) in [5.74, 6) is 2.33. The van der Waals surface area contributed by atoms with Crippen LogP contribution in [0.1, 0.15) is 73.9 Å². The highest BCUT2D eigenvalue weighted by Crippen LogP contribution is 2.44. The number of nitrogens with zero attached hydrogens (tertiary/aromatic N) is 3. The molecular formula is C42H63ClN4O5S. The average molecular weight is 772 g/mol. The minimum absolute atomic E-state index is 0.152. The van der Waals surface area contributed by atoms with Gasteiger partial charge in [0, 0.05) is 76.5 Å². The van der Waals surface area contributed by atoms with Gasteiger partial charge in [-0.3, -0.25) is 14.4 Å². The number of carbonyl (C=O) groups excluding carboxylic acids is 1. The van der Waals surface area contributed by atoms with Gasteiger partial charge in [0.25, 0.3) is 5.91 Å². The summed E-state index contributed by atoms with van der Waals surface area (Å²) in [7, 11) is 4.01. The lowest BCUT2D eigenvalue weighted by Crippen LogP contribution is -2.45. The van der Waals surface area contributed by atoms with Gasteiger partial charge in [-0.05, 0) is 105 Å². The van der Waals surface area contributed by atoms with Crippen LogP contribution >= 0.6 is 11.6 Å². The zero-order chi connectivity index (χ0) is 37.9. The predicted molar refractivity (Wildman–Crippen MR) is 218 cm³/mol.